The van der Waals surface area contributed by atoms with Crippen LogP contribution in [0, 0.1) is 5.92 Å². The Morgan fingerprint density at radius 2 is 2.25 bits per heavy atom. The average Bonchev–Trinajstić information content (AvgIpc) is 1.96. The summed E-state index contributed by atoms with van der Waals surface area (Å²) in [6.45, 7) is 4.08. The van der Waals surface area contributed by atoms with Crippen LogP contribution in [-0.4, -0.2) is 32.3 Å². The van der Waals surface area contributed by atoms with E-state index in [-0.39, 0.29) is 0 Å². The molecule has 1 aliphatic rings. The van der Waals surface area contributed by atoms with E-state index in [0.29, 0.717) is 18.0 Å². The molecule has 0 aromatic heterocycles. The number of nitrogens with one attached hydrogen (secondary N) is 1. The standard InChI is InChI=1S/C9H20N2O/c1-7(6-12-2)5-11-9-3-8(10)4-9/h7-9,11H,3-6,10H2,1-2H3. The Labute approximate surface area is 74.7 Å². The summed E-state index contributed by atoms with van der Waals surface area (Å²) >= 11 is 0. The van der Waals surface area contributed by atoms with Gasteiger partial charge in [0.2, 0.25) is 0 Å². The highest BCUT2D eigenvalue weighted by molar-refractivity contribution is 4.87. The minimum Gasteiger partial charge on any atom is -0.384 e. The van der Waals surface area contributed by atoms with Crippen LogP contribution in [0.3, 0.4) is 0 Å². The Bertz CT molecular complexity index is 119. The van der Waals surface area contributed by atoms with E-state index in [0.717, 1.165) is 26.0 Å². The van der Waals surface area contributed by atoms with Gasteiger partial charge in [-0.05, 0) is 18.8 Å². The van der Waals surface area contributed by atoms with E-state index in [1.807, 2.05) is 0 Å². The van der Waals surface area contributed by atoms with E-state index in [9.17, 15) is 0 Å². The van der Waals surface area contributed by atoms with Crippen molar-refractivity contribution in [2.24, 2.45) is 11.7 Å². The van der Waals surface area contributed by atoms with Crippen molar-refractivity contribution < 1.29 is 4.74 Å². The van der Waals surface area contributed by atoms with Crippen LogP contribution in [0.5, 0.6) is 0 Å². The van der Waals surface area contributed by atoms with Crippen LogP contribution in [0.15, 0.2) is 0 Å². The van der Waals surface area contributed by atoms with Crippen molar-refractivity contribution in [3.63, 3.8) is 0 Å². The van der Waals surface area contributed by atoms with Gasteiger partial charge < -0.3 is 15.8 Å². The van der Waals surface area contributed by atoms with Crippen LogP contribution in [-0.2, 0) is 4.74 Å². The van der Waals surface area contributed by atoms with Crippen LogP contribution in [0.25, 0.3) is 0 Å². The van der Waals surface area contributed by atoms with Gasteiger partial charge in [0.15, 0.2) is 0 Å². The molecule has 1 fully saturated rings. The maximum atomic E-state index is 5.67. The monoisotopic (exact) mass is 172 g/mol. The summed E-state index contributed by atoms with van der Waals surface area (Å²) in [7, 11) is 1.75. The quantitative estimate of drug-likeness (QED) is 0.629. The number of hydrogen-bond acceptors (Lipinski definition) is 3. The van der Waals surface area contributed by atoms with E-state index < -0.39 is 0 Å². The second-order valence-corrected chi connectivity index (χ2v) is 3.90. The first-order chi connectivity index (χ1) is 5.72. The molecule has 0 aromatic rings. The van der Waals surface area contributed by atoms with Crippen LogP contribution < -0.4 is 11.1 Å². The first-order valence-electron chi connectivity index (χ1n) is 4.70. The third-order valence-corrected chi connectivity index (χ3v) is 2.38. The Kier molecular flexibility index (Phi) is 3.98. The fourth-order valence-electron chi connectivity index (χ4n) is 1.54. The predicted molar refractivity (Wildman–Crippen MR) is 50.0 cm³/mol. The van der Waals surface area contributed by atoms with E-state index >= 15 is 0 Å². The smallest absolute Gasteiger partial charge is 0.0499 e. The fourth-order valence-corrected chi connectivity index (χ4v) is 1.54. The molecule has 0 spiro atoms. The van der Waals surface area contributed by atoms with Crippen molar-refractivity contribution in [3.8, 4) is 0 Å². The molecule has 3 nitrogen and oxygen atoms in total. The molecular formula is C9H20N2O. The molecule has 3 N–H and O–H groups in total. The van der Waals surface area contributed by atoms with Gasteiger partial charge in [-0.15, -0.1) is 0 Å². The molecule has 1 aliphatic carbocycles. The number of hydrogen-bond donors (Lipinski definition) is 2. The topological polar surface area (TPSA) is 47.3 Å². The lowest BCUT2D eigenvalue weighted by Gasteiger charge is -2.34. The zero-order chi connectivity index (χ0) is 8.97. The maximum Gasteiger partial charge on any atom is 0.0499 e. The molecular weight excluding hydrogens is 152 g/mol. The minimum absolute atomic E-state index is 0.445. The van der Waals surface area contributed by atoms with Crippen molar-refractivity contribution in [3.05, 3.63) is 0 Å². The molecule has 0 aliphatic heterocycles. The van der Waals surface area contributed by atoms with Crippen molar-refractivity contribution in [2.75, 3.05) is 20.3 Å². The summed E-state index contributed by atoms with van der Waals surface area (Å²) in [5, 5.41) is 3.47. The Morgan fingerprint density at radius 3 is 2.75 bits per heavy atom. The highest BCUT2D eigenvalue weighted by Crippen LogP contribution is 2.17. The molecule has 0 bridgehead atoms. The summed E-state index contributed by atoms with van der Waals surface area (Å²) in [5.74, 6) is 0.604. The summed E-state index contributed by atoms with van der Waals surface area (Å²) in [4.78, 5) is 0. The van der Waals surface area contributed by atoms with Gasteiger partial charge >= 0.3 is 0 Å². The van der Waals surface area contributed by atoms with Gasteiger partial charge in [-0.3, -0.25) is 0 Å². The van der Waals surface area contributed by atoms with Gasteiger partial charge in [0.05, 0.1) is 0 Å². The summed E-state index contributed by atoms with van der Waals surface area (Å²) < 4.78 is 5.04. The van der Waals surface area contributed by atoms with Crippen LogP contribution in [0.4, 0.5) is 0 Å². The number of rotatable bonds is 5. The molecule has 0 aromatic carbocycles. The van der Waals surface area contributed by atoms with Gasteiger partial charge in [0, 0.05) is 32.3 Å². The van der Waals surface area contributed by atoms with Gasteiger partial charge in [-0.25, -0.2) is 0 Å². The van der Waals surface area contributed by atoms with E-state index in [4.69, 9.17) is 10.5 Å². The molecule has 1 saturated carbocycles. The molecule has 3 heteroatoms. The van der Waals surface area contributed by atoms with E-state index in [1.165, 1.54) is 0 Å². The van der Waals surface area contributed by atoms with E-state index in [2.05, 4.69) is 12.2 Å². The third kappa shape index (κ3) is 3.09. The Balaban J connectivity index is 1.95. The highest BCUT2D eigenvalue weighted by atomic mass is 16.5. The SMILES string of the molecule is COCC(C)CNC1CC(N)C1. The van der Waals surface area contributed by atoms with Crippen molar-refractivity contribution >= 4 is 0 Å². The highest BCUT2D eigenvalue weighted by Gasteiger charge is 2.25. The zero-order valence-corrected chi connectivity index (χ0v) is 8.05. The largest absolute Gasteiger partial charge is 0.384 e. The lowest BCUT2D eigenvalue weighted by Crippen LogP contribution is -2.49. The number of nitrogens with two attached hydrogens (primary N) is 1. The molecule has 12 heavy (non-hydrogen) atoms. The van der Waals surface area contributed by atoms with Gasteiger partial charge in [-0.2, -0.15) is 0 Å². The maximum absolute atomic E-state index is 5.67. The molecule has 0 saturated heterocycles. The Hall–Kier alpha value is -0.120. The number of ether oxygens (including phenoxy) is 1. The first kappa shape index (κ1) is 9.96. The molecule has 1 rings (SSSR count). The molecule has 0 amide bonds. The zero-order valence-electron chi connectivity index (χ0n) is 8.05. The fraction of sp³-hybridized carbons (Fsp3) is 1.00. The van der Waals surface area contributed by atoms with Gasteiger partial charge in [0.25, 0.3) is 0 Å². The average molecular weight is 172 g/mol. The second kappa shape index (κ2) is 4.80. The van der Waals surface area contributed by atoms with E-state index in [1.54, 1.807) is 7.11 Å². The normalized spacial score (nSPS) is 31.2. The summed E-state index contributed by atoms with van der Waals surface area (Å²) in [6.07, 6.45) is 2.28. The van der Waals surface area contributed by atoms with Gasteiger partial charge in [0.1, 0.15) is 0 Å². The van der Waals surface area contributed by atoms with Crippen LogP contribution >= 0.6 is 0 Å². The molecule has 0 heterocycles. The number of methoxy groups -OCH3 is 1. The van der Waals surface area contributed by atoms with Crippen LogP contribution in [0.1, 0.15) is 19.8 Å². The Morgan fingerprint density at radius 1 is 1.58 bits per heavy atom. The molecule has 1 atom stereocenters. The van der Waals surface area contributed by atoms with Crippen molar-refractivity contribution in [1.82, 2.24) is 5.32 Å². The molecule has 0 radical (unpaired) electrons. The van der Waals surface area contributed by atoms with Gasteiger partial charge in [-0.1, -0.05) is 6.92 Å². The molecule has 1 unspecified atom stereocenters. The summed E-state index contributed by atoms with van der Waals surface area (Å²) in [6, 6.07) is 1.11. The van der Waals surface area contributed by atoms with Crippen LogP contribution in [0.2, 0.25) is 0 Å². The lowest BCUT2D eigenvalue weighted by molar-refractivity contribution is 0.152. The lowest BCUT2D eigenvalue weighted by atomic mass is 9.87. The second-order valence-electron chi connectivity index (χ2n) is 3.90. The third-order valence-electron chi connectivity index (χ3n) is 2.38. The van der Waals surface area contributed by atoms with Crippen molar-refractivity contribution in [2.45, 2.75) is 31.8 Å². The molecule has 72 valence electrons. The predicted octanol–water partition coefficient (Wildman–Crippen LogP) is 0.348. The minimum atomic E-state index is 0.445. The first-order valence-corrected chi connectivity index (χ1v) is 4.70. The van der Waals surface area contributed by atoms with Crippen molar-refractivity contribution in [1.29, 1.82) is 0 Å². The summed E-state index contributed by atoms with van der Waals surface area (Å²) in [5.41, 5.74) is 5.67.